The Morgan fingerprint density at radius 3 is 2.48 bits per heavy atom. The van der Waals surface area contributed by atoms with Gasteiger partial charge in [-0.05, 0) is 13.3 Å². The number of nitrogens with one attached hydrogen (secondary N) is 1. The lowest BCUT2D eigenvalue weighted by molar-refractivity contribution is -0.124. The summed E-state index contributed by atoms with van der Waals surface area (Å²) in [5.41, 5.74) is 1.36. The molecular formula is C19H24N4O4. The van der Waals surface area contributed by atoms with Gasteiger partial charge in [-0.2, -0.15) is 5.10 Å². The quantitative estimate of drug-likeness (QED) is 0.841. The van der Waals surface area contributed by atoms with E-state index in [0.29, 0.717) is 42.4 Å². The molecule has 1 aromatic heterocycles. The number of ether oxygens (including phenoxy) is 2. The molecule has 0 saturated heterocycles. The van der Waals surface area contributed by atoms with E-state index < -0.39 is 6.04 Å². The van der Waals surface area contributed by atoms with Crippen LogP contribution in [0.1, 0.15) is 25.5 Å². The number of benzene rings is 1. The van der Waals surface area contributed by atoms with Crippen LogP contribution in [0.5, 0.6) is 11.5 Å². The predicted molar refractivity (Wildman–Crippen MR) is 101 cm³/mol. The van der Waals surface area contributed by atoms with E-state index in [1.165, 1.54) is 0 Å². The number of hydrogen-bond donors (Lipinski definition) is 1. The fourth-order valence-corrected chi connectivity index (χ4v) is 3.26. The van der Waals surface area contributed by atoms with Gasteiger partial charge in [0, 0.05) is 36.4 Å². The van der Waals surface area contributed by atoms with Crippen LogP contribution in [0.25, 0.3) is 0 Å². The van der Waals surface area contributed by atoms with Gasteiger partial charge in [-0.25, -0.2) is 4.68 Å². The molecule has 1 unspecified atom stereocenters. The summed E-state index contributed by atoms with van der Waals surface area (Å²) in [5.74, 6) is 1.45. The standard InChI is InChI=1S/C19H24N4O4/c1-5-16(23-17-8-12(2)21-22(17)7-6-18(23)24)19(25)20-13-9-14(26-3)11-15(10-13)27-4/h8-11,16H,5-7H2,1-4H3,(H,20,25). The first kappa shape index (κ1) is 18.8. The number of carbonyl (C=O) groups is 2. The maximum Gasteiger partial charge on any atom is 0.247 e. The van der Waals surface area contributed by atoms with Crippen LogP contribution in [0.4, 0.5) is 11.5 Å². The largest absolute Gasteiger partial charge is 0.497 e. The molecule has 2 aromatic rings. The van der Waals surface area contributed by atoms with E-state index in [1.807, 2.05) is 19.9 Å². The fourth-order valence-electron chi connectivity index (χ4n) is 3.26. The molecule has 1 N–H and O–H groups in total. The lowest BCUT2D eigenvalue weighted by atomic mass is 10.1. The van der Waals surface area contributed by atoms with Crippen LogP contribution < -0.4 is 19.7 Å². The molecule has 3 rings (SSSR count). The summed E-state index contributed by atoms with van der Waals surface area (Å²) in [6.45, 7) is 4.28. The highest BCUT2D eigenvalue weighted by atomic mass is 16.5. The summed E-state index contributed by atoms with van der Waals surface area (Å²) in [5, 5.41) is 7.27. The van der Waals surface area contributed by atoms with Crippen molar-refractivity contribution in [2.24, 2.45) is 0 Å². The molecule has 0 saturated carbocycles. The molecule has 144 valence electrons. The van der Waals surface area contributed by atoms with Gasteiger partial charge in [-0.3, -0.25) is 14.5 Å². The zero-order valence-corrected chi connectivity index (χ0v) is 16.0. The Balaban J connectivity index is 1.88. The van der Waals surface area contributed by atoms with E-state index in [9.17, 15) is 9.59 Å². The molecule has 27 heavy (non-hydrogen) atoms. The Bertz CT molecular complexity index is 839. The van der Waals surface area contributed by atoms with Crippen molar-refractivity contribution in [2.45, 2.75) is 39.3 Å². The molecule has 8 heteroatoms. The molecule has 1 aliphatic heterocycles. The third kappa shape index (κ3) is 3.74. The number of hydrogen-bond acceptors (Lipinski definition) is 5. The Hall–Kier alpha value is -3.03. The summed E-state index contributed by atoms with van der Waals surface area (Å²) < 4.78 is 12.3. The van der Waals surface area contributed by atoms with Crippen LogP contribution in [0, 0.1) is 6.92 Å². The third-order valence-electron chi connectivity index (χ3n) is 4.55. The minimum absolute atomic E-state index is 0.0763. The van der Waals surface area contributed by atoms with E-state index in [4.69, 9.17) is 9.47 Å². The zero-order chi connectivity index (χ0) is 19.6. The number of aromatic nitrogens is 2. The van der Waals surface area contributed by atoms with Gasteiger partial charge >= 0.3 is 0 Å². The Labute approximate surface area is 158 Å². The van der Waals surface area contributed by atoms with Gasteiger partial charge in [-0.1, -0.05) is 6.92 Å². The summed E-state index contributed by atoms with van der Waals surface area (Å²) in [7, 11) is 3.09. The number of aryl methyl sites for hydroxylation is 2. The molecule has 0 radical (unpaired) electrons. The Morgan fingerprint density at radius 1 is 1.22 bits per heavy atom. The van der Waals surface area contributed by atoms with Gasteiger partial charge in [0.2, 0.25) is 11.8 Å². The normalized spacial score (nSPS) is 14.5. The highest BCUT2D eigenvalue weighted by molar-refractivity contribution is 6.05. The highest BCUT2D eigenvalue weighted by Crippen LogP contribution is 2.28. The predicted octanol–water partition coefficient (Wildman–Crippen LogP) is 2.36. The number of amides is 2. The number of nitrogens with zero attached hydrogens (tertiary/aromatic N) is 3. The second kappa shape index (κ2) is 7.69. The first-order valence-electron chi connectivity index (χ1n) is 8.87. The number of methoxy groups -OCH3 is 2. The maximum absolute atomic E-state index is 13.0. The molecular weight excluding hydrogens is 348 g/mol. The summed E-state index contributed by atoms with van der Waals surface area (Å²) >= 11 is 0. The van der Waals surface area contributed by atoms with Crippen LogP contribution in [0.3, 0.4) is 0 Å². The van der Waals surface area contributed by atoms with Crippen LogP contribution in [-0.2, 0) is 16.1 Å². The smallest absolute Gasteiger partial charge is 0.247 e. The van der Waals surface area contributed by atoms with Crippen molar-refractivity contribution in [1.82, 2.24) is 9.78 Å². The van der Waals surface area contributed by atoms with Gasteiger partial charge in [0.15, 0.2) is 0 Å². The monoisotopic (exact) mass is 372 g/mol. The zero-order valence-electron chi connectivity index (χ0n) is 16.0. The van der Waals surface area contributed by atoms with Gasteiger partial charge in [0.25, 0.3) is 0 Å². The van der Waals surface area contributed by atoms with Crippen LogP contribution in [0.15, 0.2) is 24.3 Å². The average Bonchev–Trinajstić information content (AvgIpc) is 3.04. The molecule has 1 atom stereocenters. The molecule has 1 aliphatic rings. The molecule has 0 aliphatic carbocycles. The third-order valence-corrected chi connectivity index (χ3v) is 4.55. The SMILES string of the molecule is CCC(C(=O)Nc1cc(OC)cc(OC)c1)N1C(=O)CCn2nc(C)cc21. The van der Waals surface area contributed by atoms with E-state index >= 15 is 0 Å². The van der Waals surface area contributed by atoms with Crippen LogP contribution in [0.2, 0.25) is 0 Å². The van der Waals surface area contributed by atoms with Crippen molar-refractivity contribution in [3.05, 3.63) is 30.0 Å². The summed E-state index contributed by atoms with van der Waals surface area (Å²) in [6.07, 6.45) is 0.799. The lowest BCUT2D eigenvalue weighted by Gasteiger charge is -2.33. The number of carbonyl (C=O) groups excluding carboxylic acids is 2. The molecule has 2 amide bonds. The number of anilines is 2. The van der Waals surface area contributed by atoms with E-state index in [0.717, 1.165) is 5.69 Å². The first-order valence-corrected chi connectivity index (χ1v) is 8.87. The molecule has 1 aromatic carbocycles. The van der Waals surface area contributed by atoms with Gasteiger partial charge in [0.1, 0.15) is 23.4 Å². The Kier molecular flexibility index (Phi) is 5.34. The van der Waals surface area contributed by atoms with Crippen LogP contribution in [-0.4, -0.2) is 41.9 Å². The minimum Gasteiger partial charge on any atom is -0.497 e. The Morgan fingerprint density at radius 2 is 1.89 bits per heavy atom. The average molecular weight is 372 g/mol. The second-order valence-electron chi connectivity index (χ2n) is 6.40. The fraction of sp³-hybridized carbons (Fsp3) is 0.421. The van der Waals surface area contributed by atoms with Gasteiger partial charge in [-0.15, -0.1) is 0 Å². The number of rotatable bonds is 6. The molecule has 0 fully saturated rings. The first-order chi connectivity index (χ1) is 13.0. The van der Waals surface area contributed by atoms with Gasteiger partial charge < -0.3 is 14.8 Å². The summed E-state index contributed by atoms with van der Waals surface area (Å²) in [6, 6.07) is 6.34. The van der Waals surface area contributed by atoms with Gasteiger partial charge in [0.05, 0.1) is 26.5 Å². The van der Waals surface area contributed by atoms with E-state index in [1.54, 1.807) is 42.0 Å². The van der Waals surface area contributed by atoms with E-state index in [2.05, 4.69) is 10.4 Å². The van der Waals surface area contributed by atoms with Crippen molar-refractivity contribution < 1.29 is 19.1 Å². The van der Waals surface area contributed by atoms with Crippen LogP contribution >= 0.6 is 0 Å². The van der Waals surface area contributed by atoms with Crippen molar-refractivity contribution in [1.29, 1.82) is 0 Å². The van der Waals surface area contributed by atoms with Crippen molar-refractivity contribution in [2.75, 3.05) is 24.4 Å². The minimum atomic E-state index is -0.634. The highest BCUT2D eigenvalue weighted by Gasteiger charge is 2.35. The van der Waals surface area contributed by atoms with Crippen molar-refractivity contribution >= 4 is 23.3 Å². The molecule has 2 heterocycles. The lowest BCUT2D eigenvalue weighted by Crippen LogP contribution is -2.50. The van der Waals surface area contributed by atoms with E-state index in [-0.39, 0.29) is 11.8 Å². The topological polar surface area (TPSA) is 85.7 Å². The van der Waals surface area contributed by atoms with Crippen molar-refractivity contribution in [3.63, 3.8) is 0 Å². The van der Waals surface area contributed by atoms with Crippen molar-refractivity contribution in [3.8, 4) is 11.5 Å². The molecule has 0 bridgehead atoms. The molecule has 0 spiro atoms. The molecule has 8 nitrogen and oxygen atoms in total. The summed E-state index contributed by atoms with van der Waals surface area (Å²) in [4.78, 5) is 27.1. The maximum atomic E-state index is 13.0. The number of fused-ring (bicyclic) bond motifs is 1. The second-order valence-corrected chi connectivity index (χ2v) is 6.40.